The number of nitrogens with one attached hydrogen (secondary N) is 1. The zero-order valence-electron chi connectivity index (χ0n) is 11.3. The first-order valence-corrected chi connectivity index (χ1v) is 6.34. The van der Waals surface area contributed by atoms with Crippen LogP contribution in [0.4, 0.5) is 0 Å². The third-order valence-corrected chi connectivity index (χ3v) is 3.03. The van der Waals surface area contributed by atoms with Gasteiger partial charge >= 0.3 is 0 Å². The van der Waals surface area contributed by atoms with Crippen molar-refractivity contribution in [3.05, 3.63) is 41.6 Å². The maximum Gasteiger partial charge on any atom is 0.143 e. The summed E-state index contributed by atoms with van der Waals surface area (Å²) in [5, 5.41) is 8.77. The van der Waals surface area contributed by atoms with Gasteiger partial charge in [-0.2, -0.15) is 5.26 Å². The van der Waals surface area contributed by atoms with Crippen molar-refractivity contribution in [2.24, 2.45) is 0 Å². The normalized spacial score (nSPS) is 10.7. The van der Waals surface area contributed by atoms with Crippen LogP contribution in [0.25, 0.3) is 22.3 Å². The lowest BCUT2D eigenvalue weighted by Gasteiger charge is -2.04. The van der Waals surface area contributed by atoms with Gasteiger partial charge in [0, 0.05) is 11.3 Å². The van der Waals surface area contributed by atoms with Gasteiger partial charge in [0.05, 0.1) is 29.2 Å². The predicted octanol–water partition coefficient (Wildman–Crippen LogP) is 2.70. The summed E-state index contributed by atoms with van der Waals surface area (Å²) in [5.41, 5.74) is 4.61. The predicted molar refractivity (Wildman–Crippen MR) is 75.9 cm³/mol. The molecule has 5 nitrogen and oxygen atoms in total. The molecule has 0 aliphatic rings. The molecule has 0 unspecified atom stereocenters. The summed E-state index contributed by atoms with van der Waals surface area (Å²) < 4.78 is 0. The Morgan fingerprint density at radius 3 is 2.80 bits per heavy atom. The third kappa shape index (κ3) is 2.24. The number of aromatic amines is 1. The molecule has 2 aromatic heterocycles. The van der Waals surface area contributed by atoms with Gasteiger partial charge in [0.25, 0.3) is 0 Å². The average molecular weight is 263 g/mol. The second-order valence-electron chi connectivity index (χ2n) is 4.70. The van der Waals surface area contributed by atoms with Crippen molar-refractivity contribution in [1.82, 2.24) is 19.9 Å². The van der Waals surface area contributed by atoms with E-state index < -0.39 is 0 Å². The summed E-state index contributed by atoms with van der Waals surface area (Å²) >= 11 is 0. The molecule has 0 spiro atoms. The zero-order chi connectivity index (χ0) is 14.1. The molecule has 0 fully saturated rings. The molecule has 0 amide bonds. The van der Waals surface area contributed by atoms with Gasteiger partial charge in [-0.15, -0.1) is 0 Å². The van der Waals surface area contributed by atoms with Crippen molar-refractivity contribution in [3.63, 3.8) is 0 Å². The SMILES string of the molecule is Cc1cc(-c2ccc3nc(C)[nH]c3c2)nc(CC#N)n1. The van der Waals surface area contributed by atoms with Crippen LogP contribution in [0.1, 0.15) is 17.3 Å². The molecule has 0 atom stereocenters. The van der Waals surface area contributed by atoms with Gasteiger partial charge in [-0.05, 0) is 32.0 Å². The second-order valence-corrected chi connectivity index (χ2v) is 4.70. The molecule has 3 rings (SSSR count). The van der Waals surface area contributed by atoms with Crippen LogP contribution in [0.3, 0.4) is 0 Å². The molecule has 0 aliphatic carbocycles. The molecule has 0 aliphatic heterocycles. The highest BCUT2D eigenvalue weighted by Crippen LogP contribution is 2.22. The van der Waals surface area contributed by atoms with Crippen LogP contribution in [0.15, 0.2) is 24.3 Å². The summed E-state index contributed by atoms with van der Waals surface area (Å²) in [6.45, 7) is 3.84. The van der Waals surface area contributed by atoms with Gasteiger partial charge in [0.1, 0.15) is 11.6 Å². The van der Waals surface area contributed by atoms with Gasteiger partial charge < -0.3 is 4.98 Å². The van der Waals surface area contributed by atoms with Crippen molar-refractivity contribution in [2.75, 3.05) is 0 Å². The maximum absolute atomic E-state index is 8.77. The number of aromatic nitrogens is 4. The quantitative estimate of drug-likeness (QED) is 0.771. The molecular weight excluding hydrogens is 250 g/mol. The number of imidazole rings is 1. The van der Waals surface area contributed by atoms with Crippen LogP contribution in [0.2, 0.25) is 0 Å². The zero-order valence-corrected chi connectivity index (χ0v) is 11.3. The van der Waals surface area contributed by atoms with Crippen LogP contribution in [-0.4, -0.2) is 19.9 Å². The van der Waals surface area contributed by atoms with Gasteiger partial charge in [-0.25, -0.2) is 15.0 Å². The van der Waals surface area contributed by atoms with Gasteiger partial charge in [-0.3, -0.25) is 0 Å². The van der Waals surface area contributed by atoms with E-state index >= 15 is 0 Å². The average Bonchev–Trinajstić information content (AvgIpc) is 2.77. The summed E-state index contributed by atoms with van der Waals surface area (Å²) in [5.74, 6) is 1.45. The van der Waals surface area contributed by atoms with Gasteiger partial charge in [0.2, 0.25) is 0 Å². The van der Waals surface area contributed by atoms with E-state index in [4.69, 9.17) is 5.26 Å². The number of hydrogen-bond donors (Lipinski definition) is 1. The number of nitrogens with zero attached hydrogens (tertiary/aromatic N) is 4. The first-order chi connectivity index (χ1) is 9.65. The summed E-state index contributed by atoms with van der Waals surface area (Å²) in [4.78, 5) is 16.3. The molecule has 3 aromatic rings. The molecule has 0 radical (unpaired) electrons. The van der Waals surface area contributed by atoms with E-state index in [1.165, 1.54) is 0 Å². The number of aryl methyl sites for hydroxylation is 2. The fraction of sp³-hybridized carbons (Fsp3) is 0.200. The highest BCUT2D eigenvalue weighted by atomic mass is 14.9. The van der Waals surface area contributed by atoms with E-state index in [1.54, 1.807) is 0 Å². The van der Waals surface area contributed by atoms with E-state index in [0.717, 1.165) is 33.8 Å². The molecule has 0 saturated carbocycles. The van der Waals surface area contributed by atoms with Crippen molar-refractivity contribution in [1.29, 1.82) is 5.26 Å². The van der Waals surface area contributed by atoms with E-state index in [0.29, 0.717) is 5.82 Å². The monoisotopic (exact) mass is 263 g/mol. The van der Waals surface area contributed by atoms with Gasteiger partial charge in [-0.1, -0.05) is 6.07 Å². The summed E-state index contributed by atoms with van der Waals surface area (Å²) in [7, 11) is 0. The standard InChI is InChI=1S/C15H13N5/c1-9-7-13(20-15(17-9)5-6-16)11-3-4-12-14(8-11)19-10(2)18-12/h3-4,7-8H,5H2,1-2H3,(H,18,19). The van der Waals surface area contributed by atoms with Crippen LogP contribution in [0, 0.1) is 25.2 Å². The first-order valence-electron chi connectivity index (χ1n) is 6.34. The Kier molecular flexibility index (Phi) is 2.92. The Bertz CT molecular complexity index is 826. The van der Waals surface area contributed by atoms with E-state index in [2.05, 4.69) is 26.0 Å². The highest BCUT2D eigenvalue weighted by molar-refractivity contribution is 5.81. The lowest BCUT2D eigenvalue weighted by Crippen LogP contribution is -1.98. The molecule has 2 heterocycles. The minimum Gasteiger partial charge on any atom is -0.342 e. The summed E-state index contributed by atoms with van der Waals surface area (Å²) in [6.07, 6.45) is 0.222. The van der Waals surface area contributed by atoms with Crippen molar-refractivity contribution >= 4 is 11.0 Å². The first kappa shape index (κ1) is 12.3. The Balaban J connectivity index is 2.12. The Morgan fingerprint density at radius 2 is 2.00 bits per heavy atom. The van der Waals surface area contributed by atoms with E-state index in [9.17, 15) is 0 Å². The third-order valence-electron chi connectivity index (χ3n) is 3.03. The Labute approximate surface area is 116 Å². The van der Waals surface area contributed by atoms with E-state index in [1.807, 2.05) is 38.1 Å². The van der Waals surface area contributed by atoms with Crippen molar-refractivity contribution in [2.45, 2.75) is 20.3 Å². The topological polar surface area (TPSA) is 78.2 Å². The van der Waals surface area contributed by atoms with Crippen LogP contribution >= 0.6 is 0 Å². The van der Waals surface area contributed by atoms with Crippen LogP contribution in [-0.2, 0) is 6.42 Å². The molecule has 0 saturated heterocycles. The molecule has 20 heavy (non-hydrogen) atoms. The fourth-order valence-corrected chi connectivity index (χ4v) is 2.22. The summed E-state index contributed by atoms with van der Waals surface area (Å²) in [6, 6.07) is 9.98. The van der Waals surface area contributed by atoms with Crippen LogP contribution < -0.4 is 0 Å². The smallest absolute Gasteiger partial charge is 0.143 e. The molecule has 0 bridgehead atoms. The largest absolute Gasteiger partial charge is 0.342 e. The number of nitriles is 1. The minimum absolute atomic E-state index is 0.222. The van der Waals surface area contributed by atoms with Crippen molar-refractivity contribution < 1.29 is 0 Å². The molecular formula is C15H13N5. The lowest BCUT2D eigenvalue weighted by molar-refractivity contribution is 0.969. The number of rotatable bonds is 2. The maximum atomic E-state index is 8.77. The fourth-order valence-electron chi connectivity index (χ4n) is 2.22. The lowest BCUT2D eigenvalue weighted by atomic mass is 10.1. The highest BCUT2D eigenvalue weighted by Gasteiger charge is 2.07. The number of benzene rings is 1. The number of H-pyrrole nitrogens is 1. The number of hydrogen-bond acceptors (Lipinski definition) is 4. The molecule has 98 valence electrons. The van der Waals surface area contributed by atoms with Crippen molar-refractivity contribution in [3.8, 4) is 17.3 Å². The number of fused-ring (bicyclic) bond motifs is 1. The second kappa shape index (κ2) is 4.74. The molecule has 5 heteroatoms. The van der Waals surface area contributed by atoms with Gasteiger partial charge in [0.15, 0.2) is 0 Å². The Morgan fingerprint density at radius 1 is 1.15 bits per heavy atom. The minimum atomic E-state index is 0.222. The van der Waals surface area contributed by atoms with E-state index in [-0.39, 0.29) is 6.42 Å². The molecule has 1 aromatic carbocycles. The van der Waals surface area contributed by atoms with Crippen LogP contribution in [0.5, 0.6) is 0 Å². The molecule has 1 N–H and O–H groups in total. The Hall–Kier alpha value is -2.74.